The van der Waals surface area contributed by atoms with Gasteiger partial charge in [0.05, 0.1) is 5.56 Å². The monoisotopic (exact) mass is 314 g/mol. The molecular weight excluding hydrogens is 297 g/mol. The van der Waals surface area contributed by atoms with Crippen LogP contribution < -0.4 is 0 Å². The number of nitrogens with zero attached hydrogens (tertiary/aromatic N) is 2. The topological polar surface area (TPSA) is 44.1 Å². The Morgan fingerprint density at radius 3 is 2.41 bits per heavy atom. The van der Waals surface area contributed by atoms with E-state index in [4.69, 9.17) is 4.74 Å². The van der Waals surface area contributed by atoms with Crippen LogP contribution in [0.4, 0.5) is 18.0 Å². The van der Waals surface area contributed by atoms with Gasteiger partial charge < -0.3 is 4.74 Å². The standard InChI is InChI=1S/C15H17F3N2O2/c1-5-11-7-9-6-10(15(16,17)18)8-19-12(9)20(11)13(21)22-14(2,3)4/h6-8H,5H2,1-4H3. The fourth-order valence-corrected chi connectivity index (χ4v) is 2.07. The second-order valence-corrected chi connectivity index (χ2v) is 5.94. The number of pyridine rings is 1. The van der Waals surface area contributed by atoms with Gasteiger partial charge in [-0.05, 0) is 39.3 Å². The first-order chi connectivity index (χ1) is 10.0. The zero-order chi connectivity index (χ0) is 16.7. The summed E-state index contributed by atoms with van der Waals surface area (Å²) in [6, 6.07) is 2.52. The van der Waals surface area contributed by atoms with Gasteiger partial charge in [0, 0.05) is 17.3 Å². The molecule has 0 spiro atoms. The molecule has 0 saturated heterocycles. The maximum absolute atomic E-state index is 12.7. The summed E-state index contributed by atoms with van der Waals surface area (Å²) < 4.78 is 44.8. The normalized spacial score (nSPS) is 12.7. The summed E-state index contributed by atoms with van der Waals surface area (Å²) in [6.07, 6.45) is -3.92. The summed E-state index contributed by atoms with van der Waals surface area (Å²) in [4.78, 5) is 16.1. The van der Waals surface area contributed by atoms with E-state index >= 15 is 0 Å². The lowest BCUT2D eigenvalue weighted by atomic mass is 10.2. The van der Waals surface area contributed by atoms with E-state index in [1.54, 1.807) is 27.7 Å². The van der Waals surface area contributed by atoms with Gasteiger partial charge in [-0.15, -0.1) is 0 Å². The van der Waals surface area contributed by atoms with Crippen molar-refractivity contribution < 1.29 is 22.7 Å². The smallest absolute Gasteiger partial charge is 0.420 e. The number of aromatic nitrogens is 2. The van der Waals surface area contributed by atoms with Crippen LogP contribution in [0.25, 0.3) is 11.0 Å². The Balaban J connectivity index is 2.57. The Morgan fingerprint density at radius 2 is 1.91 bits per heavy atom. The molecule has 2 rings (SSSR count). The molecule has 2 aromatic rings. The molecule has 2 heterocycles. The van der Waals surface area contributed by atoms with Gasteiger partial charge in [-0.1, -0.05) is 6.92 Å². The number of rotatable bonds is 1. The number of hydrogen-bond acceptors (Lipinski definition) is 3. The van der Waals surface area contributed by atoms with Crippen LogP contribution in [0.3, 0.4) is 0 Å². The van der Waals surface area contributed by atoms with Crippen molar-refractivity contribution >= 4 is 17.1 Å². The molecule has 0 aliphatic carbocycles. The second kappa shape index (κ2) is 5.30. The molecule has 0 atom stereocenters. The highest BCUT2D eigenvalue weighted by Gasteiger charge is 2.32. The van der Waals surface area contributed by atoms with Crippen molar-refractivity contribution in [2.24, 2.45) is 0 Å². The van der Waals surface area contributed by atoms with Gasteiger partial charge in [0.25, 0.3) is 0 Å². The number of fused-ring (bicyclic) bond motifs is 1. The zero-order valence-electron chi connectivity index (χ0n) is 12.8. The van der Waals surface area contributed by atoms with Gasteiger partial charge in [0.1, 0.15) is 11.2 Å². The van der Waals surface area contributed by atoms with Gasteiger partial charge in [0.15, 0.2) is 0 Å². The molecule has 0 N–H and O–H groups in total. The Kier molecular flexibility index (Phi) is 3.93. The van der Waals surface area contributed by atoms with E-state index < -0.39 is 23.4 Å². The zero-order valence-corrected chi connectivity index (χ0v) is 12.8. The molecule has 0 amide bonds. The molecule has 0 aromatic carbocycles. The first kappa shape index (κ1) is 16.3. The Hall–Kier alpha value is -2.05. The number of hydrogen-bond donors (Lipinski definition) is 0. The molecule has 2 aromatic heterocycles. The predicted molar refractivity (Wildman–Crippen MR) is 75.7 cm³/mol. The van der Waals surface area contributed by atoms with Crippen LogP contribution in [0.5, 0.6) is 0 Å². The summed E-state index contributed by atoms with van der Waals surface area (Å²) in [5, 5.41) is 0.262. The molecule has 0 aliphatic rings. The number of ether oxygens (including phenoxy) is 1. The summed E-state index contributed by atoms with van der Waals surface area (Å²) >= 11 is 0. The lowest BCUT2D eigenvalue weighted by Gasteiger charge is -2.20. The highest BCUT2D eigenvalue weighted by molar-refractivity contribution is 5.88. The second-order valence-electron chi connectivity index (χ2n) is 5.94. The van der Waals surface area contributed by atoms with E-state index in [2.05, 4.69) is 4.98 Å². The number of aryl methyl sites for hydroxylation is 1. The van der Waals surface area contributed by atoms with Gasteiger partial charge in [-0.3, -0.25) is 0 Å². The van der Waals surface area contributed by atoms with Gasteiger partial charge in [-0.2, -0.15) is 13.2 Å². The quantitative estimate of drug-likeness (QED) is 0.783. The summed E-state index contributed by atoms with van der Waals surface area (Å²) in [6.45, 7) is 6.96. The van der Waals surface area contributed by atoms with Crippen molar-refractivity contribution in [3.8, 4) is 0 Å². The van der Waals surface area contributed by atoms with Crippen molar-refractivity contribution in [3.05, 3.63) is 29.6 Å². The Labute approximate surface area is 125 Å². The van der Waals surface area contributed by atoms with Crippen molar-refractivity contribution in [1.82, 2.24) is 9.55 Å². The largest absolute Gasteiger partial charge is 0.443 e. The highest BCUT2D eigenvalue weighted by atomic mass is 19.4. The van der Waals surface area contributed by atoms with E-state index in [0.717, 1.165) is 12.3 Å². The highest BCUT2D eigenvalue weighted by Crippen LogP contribution is 2.31. The van der Waals surface area contributed by atoms with E-state index in [1.165, 1.54) is 10.6 Å². The Bertz CT molecular complexity index is 712. The van der Waals surface area contributed by atoms with Crippen molar-refractivity contribution in [2.75, 3.05) is 0 Å². The predicted octanol–water partition coefficient (Wildman–Crippen LogP) is 4.40. The summed E-state index contributed by atoms with van der Waals surface area (Å²) in [5.74, 6) is 0. The van der Waals surface area contributed by atoms with Crippen molar-refractivity contribution in [1.29, 1.82) is 0 Å². The number of alkyl halides is 3. The first-order valence-corrected chi connectivity index (χ1v) is 6.84. The average molecular weight is 314 g/mol. The van der Waals surface area contributed by atoms with Crippen LogP contribution in [-0.2, 0) is 17.3 Å². The molecule has 4 nitrogen and oxygen atoms in total. The number of halogens is 3. The van der Waals surface area contributed by atoms with Gasteiger partial charge in [-0.25, -0.2) is 14.3 Å². The summed E-state index contributed by atoms with van der Waals surface area (Å²) in [5.41, 5.74) is -0.830. The molecule has 22 heavy (non-hydrogen) atoms. The first-order valence-electron chi connectivity index (χ1n) is 6.84. The lowest BCUT2D eigenvalue weighted by molar-refractivity contribution is -0.137. The molecule has 0 aliphatic heterocycles. The Morgan fingerprint density at radius 1 is 1.27 bits per heavy atom. The minimum atomic E-state index is -4.47. The van der Waals surface area contributed by atoms with E-state index in [-0.39, 0.29) is 11.0 Å². The van der Waals surface area contributed by atoms with Crippen LogP contribution >= 0.6 is 0 Å². The molecule has 0 fully saturated rings. The molecule has 0 radical (unpaired) electrons. The number of carbonyl (C=O) groups is 1. The fourth-order valence-electron chi connectivity index (χ4n) is 2.07. The lowest BCUT2D eigenvalue weighted by Crippen LogP contribution is -2.28. The maximum atomic E-state index is 12.7. The van der Waals surface area contributed by atoms with Crippen LogP contribution in [0.15, 0.2) is 18.3 Å². The van der Waals surface area contributed by atoms with Crippen LogP contribution in [0.2, 0.25) is 0 Å². The van der Waals surface area contributed by atoms with Crippen molar-refractivity contribution in [2.45, 2.75) is 45.9 Å². The molecule has 7 heteroatoms. The van der Waals surface area contributed by atoms with Gasteiger partial charge in [0.2, 0.25) is 0 Å². The average Bonchev–Trinajstić information content (AvgIpc) is 2.72. The molecule has 120 valence electrons. The van der Waals surface area contributed by atoms with Crippen molar-refractivity contribution in [3.63, 3.8) is 0 Å². The fraction of sp³-hybridized carbons (Fsp3) is 0.467. The SMILES string of the molecule is CCc1cc2cc(C(F)(F)F)cnc2n1C(=O)OC(C)(C)C. The van der Waals surface area contributed by atoms with Crippen LogP contribution in [0.1, 0.15) is 39.0 Å². The third-order valence-corrected chi connectivity index (χ3v) is 2.98. The number of carbonyl (C=O) groups excluding carboxylic acids is 1. The van der Waals surface area contributed by atoms with Crippen LogP contribution in [-0.4, -0.2) is 21.2 Å². The maximum Gasteiger partial charge on any atom is 0.420 e. The van der Waals surface area contributed by atoms with E-state index in [9.17, 15) is 18.0 Å². The minimum absolute atomic E-state index is 0.166. The summed E-state index contributed by atoms with van der Waals surface area (Å²) in [7, 11) is 0. The third kappa shape index (κ3) is 3.23. The van der Waals surface area contributed by atoms with E-state index in [0.29, 0.717) is 12.1 Å². The van der Waals surface area contributed by atoms with Gasteiger partial charge >= 0.3 is 12.3 Å². The third-order valence-electron chi connectivity index (χ3n) is 2.98. The molecular formula is C15H17F3N2O2. The van der Waals surface area contributed by atoms with Crippen LogP contribution in [0, 0.1) is 0 Å². The molecule has 0 unspecified atom stereocenters. The van der Waals surface area contributed by atoms with E-state index in [1.807, 2.05) is 0 Å². The molecule has 0 bridgehead atoms. The molecule has 0 saturated carbocycles. The minimum Gasteiger partial charge on any atom is -0.443 e.